The summed E-state index contributed by atoms with van der Waals surface area (Å²) in [6.07, 6.45) is 8.24. The molecule has 2 aromatic heterocycles. The van der Waals surface area contributed by atoms with E-state index in [1.54, 1.807) is 18.5 Å². The van der Waals surface area contributed by atoms with E-state index in [1.165, 1.54) is 19.3 Å². The number of aromatic nitrogens is 4. The van der Waals surface area contributed by atoms with Gasteiger partial charge in [-0.3, -0.25) is 9.88 Å². The minimum absolute atomic E-state index is 0.382. The first kappa shape index (κ1) is 15.8. The van der Waals surface area contributed by atoms with E-state index in [-0.39, 0.29) is 0 Å². The third-order valence-electron chi connectivity index (χ3n) is 5.12. The van der Waals surface area contributed by atoms with Crippen molar-refractivity contribution in [1.82, 2.24) is 24.6 Å². The largest absolute Gasteiger partial charge is 0.484 e. The molecule has 3 heterocycles. The van der Waals surface area contributed by atoms with Crippen molar-refractivity contribution in [3.63, 3.8) is 0 Å². The van der Waals surface area contributed by atoms with Crippen molar-refractivity contribution in [1.29, 1.82) is 0 Å². The molecule has 0 saturated heterocycles. The van der Waals surface area contributed by atoms with Crippen molar-refractivity contribution < 1.29 is 4.74 Å². The molecular formula is C17H22ClN5O. The molecule has 0 aromatic carbocycles. The molecule has 1 fully saturated rings. The summed E-state index contributed by atoms with van der Waals surface area (Å²) in [6, 6.07) is 3.04. The first-order valence-corrected chi connectivity index (χ1v) is 8.98. The highest BCUT2D eigenvalue weighted by Crippen LogP contribution is 2.28. The molecule has 0 radical (unpaired) electrons. The van der Waals surface area contributed by atoms with Crippen LogP contribution in [0.1, 0.15) is 37.8 Å². The smallest absolute Gasteiger partial charge is 0.171 e. The lowest BCUT2D eigenvalue weighted by Crippen LogP contribution is -2.46. The van der Waals surface area contributed by atoms with Crippen molar-refractivity contribution in [2.75, 3.05) is 6.54 Å². The van der Waals surface area contributed by atoms with Crippen LogP contribution in [-0.2, 0) is 19.6 Å². The highest BCUT2D eigenvalue weighted by molar-refractivity contribution is 6.30. The SMILES string of the molecule is C[C@H]1Cc2nnc(COc3cncc(Cl)c3)n2CCN1C1CCC1. The first-order chi connectivity index (χ1) is 11.7. The van der Waals surface area contributed by atoms with Crippen molar-refractivity contribution in [3.8, 4) is 5.75 Å². The topological polar surface area (TPSA) is 56.1 Å². The van der Waals surface area contributed by atoms with Crippen molar-refractivity contribution in [3.05, 3.63) is 35.1 Å². The third-order valence-corrected chi connectivity index (χ3v) is 5.33. The lowest BCUT2D eigenvalue weighted by Gasteiger charge is -2.40. The zero-order valence-corrected chi connectivity index (χ0v) is 14.6. The van der Waals surface area contributed by atoms with Crippen LogP contribution in [0.5, 0.6) is 5.75 Å². The summed E-state index contributed by atoms with van der Waals surface area (Å²) in [5, 5.41) is 9.30. The van der Waals surface area contributed by atoms with E-state index in [2.05, 4.69) is 31.6 Å². The van der Waals surface area contributed by atoms with Crippen LogP contribution in [0, 0.1) is 0 Å². The van der Waals surface area contributed by atoms with Gasteiger partial charge in [0.2, 0.25) is 0 Å². The molecule has 0 unspecified atom stereocenters. The third kappa shape index (κ3) is 3.13. The maximum absolute atomic E-state index is 5.94. The Bertz CT molecular complexity index is 715. The fourth-order valence-electron chi connectivity index (χ4n) is 3.59. The van der Waals surface area contributed by atoms with Crippen LogP contribution in [0.25, 0.3) is 0 Å². The predicted molar refractivity (Wildman–Crippen MR) is 91.1 cm³/mol. The Morgan fingerprint density at radius 1 is 1.25 bits per heavy atom. The Morgan fingerprint density at radius 3 is 2.88 bits per heavy atom. The second-order valence-corrected chi connectivity index (χ2v) is 7.12. The fourth-order valence-corrected chi connectivity index (χ4v) is 3.75. The fraction of sp³-hybridized carbons (Fsp3) is 0.588. The molecule has 0 bridgehead atoms. The number of pyridine rings is 1. The zero-order valence-electron chi connectivity index (χ0n) is 13.9. The van der Waals surface area contributed by atoms with Crippen LogP contribution in [0.4, 0.5) is 0 Å². The molecule has 1 aliphatic carbocycles. The summed E-state index contributed by atoms with van der Waals surface area (Å²) < 4.78 is 8.00. The molecule has 0 amide bonds. The Kier molecular flexibility index (Phi) is 4.41. The van der Waals surface area contributed by atoms with Gasteiger partial charge < -0.3 is 9.30 Å². The molecular weight excluding hydrogens is 326 g/mol. The van der Waals surface area contributed by atoms with Crippen LogP contribution < -0.4 is 4.74 Å². The van der Waals surface area contributed by atoms with E-state index < -0.39 is 0 Å². The van der Waals surface area contributed by atoms with E-state index in [4.69, 9.17) is 16.3 Å². The van der Waals surface area contributed by atoms with Gasteiger partial charge in [-0.15, -0.1) is 10.2 Å². The normalized spacial score (nSPS) is 21.8. The molecule has 2 aliphatic rings. The van der Waals surface area contributed by atoms with Crippen molar-refractivity contribution in [2.24, 2.45) is 0 Å². The Morgan fingerprint density at radius 2 is 2.12 bits per heavy atom. The van der Waals surface area contributed by atoms with Gasteiger partial charge in [-0.05, 0) is 19.8 Å². The second-order valence-electron chi connectivity index (χ2n) is 6.69. The highest BCUT2D eigenvalue weighted by Gasteiger charge is 2.31. The summed E-state index contributed by atoms with van der Waals surface area (Å²) >= 11 is 5.94. The highest BCUT2D eigenvalue weighted by atomic mass is 35.5. The predicted octanol–water partition coefficient (Wildman–Crippen LogP) is 2.70. The number of fused-ring (bicyclic) bond motifs is 1. The minimum atomic E-state index is 0.382. The van der Waals surface area contributed by atoms with Gasteiger partial charge in [-0.1, -0.05) is 18.0 Å². The van der Waals surface area contributed by atoms with E-state index >= 15 is 0 Å². The molecule has 4 rings (SSSR count). The first-order valence-electron chi connectivity index (χ1n) is 8.61. The molecule has 0 N–H and O–H groups in total. The number of ether oxygens (including phenoxy) is 1. The minimum Gasteiger partial charge on any atom is -0.484 e. The van der Waals surface area contributed by atoms with Gasteiger partial charge in [0.25, 0.3) is 0 Å². The summed E-state index contributed by atoms with van der Waals surface area (Å²) in [7, 11) is 0. The molecule has 24 heavy (non-hydrogen) atoms. The number of hydrogen-bond acceptors (Lipinski definition) is 5. The number of hydrogen-bond donors (Lipinski definition) is 0. The summed E-state index contributed by atoms with van der Waals surface area (Å²) in [6.45, 7) is 4.67. The Hall–Kier alpha value is -1.66. The van der Waals surface area contributed by atoms with Crippen molar-refractivity contribution >= 4 is 11.6 Å². The van der Waals surface area contributed by atoms with Crippen molar-refractivity contribution in [2.45, 2.75) is 57.8 Å². The maximum atomic E-state index is 5.94. The average molecular weight is 348 g/mol. The van der Waals surface area contributed by atoms with E-state index in [1.807, 2.05) is 0 Å². The zero-order chi connectivity index (χ0) is 16.5. The summed E-state index contributed by atoms with van der Waals surface area (Å²) in [5.74, 6) is 2.58. The molecule has 0 spiro atoms. The quantitative estimate of drug-likeness (QED) is 0.851. The lowest BCUT2D eigenvalue weighted by atomic mass is 9.90. The standard InChI is InChI=1S/C17H22ClN5O/c1-12-7-16-20-21-17(11-24-15-8-13(18)9-19-10-15)23(16)6-5-22(12)14-3-2-4-14/h8-10,12,14H,2-7,11H2,1H3/t12-/m0/s1. The maximum Gasteiger partial charge on any atom is 0.171 e. The molecule has 1 atom stereocenters. The molecule has 1 aliphatic heterocycles. The number of nitrogens with zero attached hydrogens (tertiary/aromatic N) is 5. The average Bonchev–Trinajstić information content (AvgIpc) is 2.81. The Balaban J connectivity index is 1.46. The van der Waals surface area contributed by atoms with Crippen LogP contribution >= 0.6 is 11.6 Å². The second kappa shape index (κ2) is 6.69. The van der Waals surface area contributed by atoms with Gasteiger partial charge in [0, 0.05) is 43.9 Å². The van der Waals surface area contributed by atoms with Gasteiger partial charge in [-0.25, -0.2) is 0 Å². The van der Waals surface area contributed by atoms with E-state index in [0.717, 1.165) is 37.2 Å². The lowest BCUT2D eigenvalue weighted by molar-refractivity contribution is 0.0886. The van der Waals surface area contributed by atoms with Crippen LogP contribution in [-0.4, -0.2) is 43.3 Å². The van der Waals surface area contributed by atoms with Gasteiger partial charge in [0.1, 0.15) is 18.2 Å². The molecule has 2 aromatic rings. The van der Waals surface area contributed by atoms with Crippen LogP contribution in [0.2, 0.25) is 5.02 Å². The van der Waals surface area contributed by atoms with E-state index in [0.29, 0.717) is 23.4 Å². The van der Waals surface area contributed by atoms with Gasteiger partial charge in [0.05, 0.1) is 11.2 Å². The van der Waals surface area contributed by atoms with Crippen LogP contribution in [0.15, 0.2) is 18.5 Å². The molecule has 6 nitrogen and oxygen atoms in total. The summed E-state index contributed by atoms with van der Waals surface area (Å²) in [4.78, 5) is 6.68. The molecule has 1 saturated carbocycles. The van der Waals surface area contributed by atoms with Crippen LogP contribution in [0.3, 0.4) is 0 Å². The summed E-state index contributed by atoms with van der Waals surface area (Å²) in [5.41, 5.74) is 0. The number of rotatable bonds is 4. The van der Waals surface area contributed by atoms with Gasteiger partial charge in [-0.2, -0.15) is 0 Å². The van der Waals surface area contributed by atoms with Gasteiger partial charge >= 0.3 is 0 Å². The number of halogens is 1. The van der Waals surface area contributed by atoms with E-state index in [9.17, 15) is 0 Å². The monoisotopic (exact) mass is 347 g/mol. The Labute approximate surface area is 146 Å². The molecule has 128 valence electrons. The molecule has 7 heteroatoms. The van der Waals surface area contributed by atoms with Gasteiger partial charge in [0.15, 0.2) is 5.82 Å².